The Kier molecular flexibility index (Phi) is 9.19. The minimum atomic E-state index is -0.189. The van der Waals surface area contributed by atoms with E-state index < -0.39 is 0 Å². The lowest BCUT2D eigenvalue weighted by Crippen LogP contribution is -2.48. The first kappa shape index (κ1) is 27.3. The van der Waals surface area contributed by atoms with E-state index in [0.717, 1.165) is 17.5 Å². The molecule has 0 saturated carbocycles. The number of nitrogens with zero attached hydrogens (tertiary/aromatic N) is 2. The lowest BCUT2D eigenvalue weighted by Gasteiger charge is -2.29. The molecule has 0 aliphatic heterocycles. The van der Waals surface area contributed by atoms with Gasteiger partial charge in [0.15, 0.2) is 0 Å². The van der Waals surface area contributed by atoms with Crippen LogP contribution in [0.25, 0.3) is 10.9 Å². The molecule has 0 aliphatic carbocycles. The van der Waals surface area contributed by atoms with E-state index in [4.69, 9.17) is 0 Å². The minimum absolute atomic E-state index is 0.0401. The number of urea groups is 1. The molecule has 1 heterocycles. The van der Waals surface area contributed by atoms with Crippen LogP contribution in [0.4, 0.5) is 4.79 Å². The van der Waals surface area contributed by atoms with E-state index in [9.17, 15) is 9.59 Å². The summed E-state index contributed by atoms with van der Waals surface area (Å²) in [4.78, 5) is 33.1. The standard InChI is InChI=1S/C30H42N4O2/c1-7-31-29(36)34(19-22(2)3)21-28(35)33(20-23-12-14-25(15-13-23)30(4,5)6)17-16-24-18-32-27-11-9-8-10-26(24)27/h8-15,18,22,32H,7,16-17,19-21H2,1-6H3,(H,31,36). The molecule has 0 aliphatic rings. The predicted molar refractivity (Wildman–Crippen MR) is 148 cm³/mol. The quantitative estimate of drug-likeness (QED) is 0.381. The topological polar surface area (TPSA) is 68.4 Å². The van der Waals surface area contributed by atoms with Crippen LogP contribution < -0.4 is 5.32 Å². The van der Waals surface area contributed by atoms with Gasteiger partial charge in [-0.05, 0) is 47.4 Å². The Morgan fingerprint density at radius 3 is 2.33 bits per heavy atom. The van der Waals surface area contributed by atoms with Gasteiger partial charge in [0, 0.05) is 43.3 Å². The lowest BCUT2D eigenvalue weighted by atomic mass is 9.87. The first-order valence-corrected chi connectivity index (χ1v) is 13.0. The van der Waals surface area contributed by atoms with Crippen LogP contribution in [0.3, 0.4) is 0 Å². The van der Waals surface area contributed by atoms with E-state index in [0.29, 0.717) is 26.2 Å². The van der Waals surface area contributed by atoms with Gasteiger partial charge in [0.25, 0.3) is 0 Å². The third kappa shape index (κ3) is 7.36. The van der Waals surface area contributed by atoms with E-state index in [1.165, 1.54) is 16.5 Å². The van der Waals surface area contributed by atoms with Crippen molar-refractivity contribution < 1.29 is 9.59 Å². The number of hydrogen-bond donors (Lipinski definition) is 2. The number of fused-ring (bicyclic) bond motifs is 1. The highest BCUT2D eigenvalue weighted by molar-refractivity contribution is 5.85. The number of rotatable bonds is 10. The molecule has 0 fully saturated rings. The molecular weight excluding hydrogens is 448 g/mol. The molecule has 36 heavy (non-hydrogen) atoms. The van der Waals surface area contributed by atoms with Crippen molar-refractivity contribution in [1.82, 2.24) is 20.1 Å². The molecule has 6 nitrogen and oxygen atoms in total. The van der Waals surface area contributed by atoms with Gasteiger partial charge in [-0.2, -0.15) is 0 Å². The Morgan fingerprint density at radius 2 is 1.69 bits per heavy atom. The van der Waals surface area contributed by atoms with Crippen molar-refractivity contribution in [2.45, 2.75) is 59.9 Å². The summed E-state index contributed by atoms with van der Waals surface area (Å²) in [5.74, 6) is 0.228. The molecule has 0 unspecified atom stereocenters. The van der Waals surface area contributed by atoms with Gasteiger partial charge in [-0.3, -0.25) is 4.79 Å². The van der Waals surface area contributed by atoms with Crippen LogP contribution >= 0.6 is 0 Å². The van der Waals surface area contributed by atoms with E-state index in [2.05, 4.69) is 81.3 Å². The van der Waals surface area contributed by atoms with Crippen molar-refractivity contribution in [3.63, 3.8) is 0 Å². The van der Waals surface area contributed by atoms with Crippen molar-refractivity contribution in [3.8, 4) is 0 Å². The second-order valence-corrected chi connectivity index (χ2v) is 11.0. The van der Waals surface area contributed by atoms with Gasteiger partial charge in [-0.25, -0.2) is 4.79 Å². The lowest BCUT2D eigenvalue weighted by molar-refractivity contribution is -0.132. The zero-order valence-corrected chi connectivity index (χ0v) is 22.7. The molecule has 0 saturated heterocycles. The Hall–Kier alpha value is -3.28. The summed E-state index contributed by atoms with van der Waals surface area (Å²) in [5.41, 5.74) is 4.72. The second-order valence-electron chi connectivity index (χ2n) is 11.0. The van der Waals surface area contributed by atoms with Gasteiger partial charge >= 0.3 is 6.03 Å². The van der Waals surface area contributed by atoms with Crippen molar-refractivity contribution >= 4 is 22.8 Å². The first-order chi connectivity index (χ1) is 17.1. The molecule has 194 valence electrons. The number of benzene rings is 2. The number of hydrogen-bond acceptors (Lipinski definition) is 2. The van der Waals surface area contributed by atoms with Gasteiger partial charge in [0.05, 0.1) is 0 Å². The van der Waals surface area contributed by atoms with Crippen LogP contribution in [0.15, 0.2) is 54.7 Å². The largest absolute Gasteiger partial charge is 0.361 e. The highest BCUT2D eigenvalue weighted by Crippen LogP contribution is 2.23. The molecule has 3 amide bonds. The zero-order valence-electron chi connectivity index (χ0n) is 22.7. The number of H-pyrrole nitrogens is 1. The van der Waals surface area contributed by atoms with E-state index in [1.807, 2.05) is 30.2 Å². The molecule has 0 atom stereocenters. The maximum absolute atomic E-state index is 13.6. The summed E-state index contributed by atoms with van der Waals surface area (Å²) in [6, 6.07) is 16.6. The van der Waals surface area contributed by atoms with Gasteiger partial charge in [0.1, 0.15) is 6.54 Å². The number of aromatic amines is 1. The molecule has 0 bridgehead atoms. The number of nitrogens with one attached hydrogen (secondary N) is 2. The Labute approximate surface area is 216 Å². The SMILES string of the molecule is CCNC(=O)N(CC(=O)N(CCc1c[nH]c2ccccc12)Cc1ccc(C(C)(C)C)cc1)CC(C)C. The Bertz CT molecular complexity index is 1140. The summed E-state index contributed by atoms with van der Waals surface area (Å²) in [6.07, 6.45) is 2.77. The third-order valence-corrected chi connectivity index (χ3v) is 6.40. The molecule has 2 N–H and O–H groups in total. The van der Waals surface area contributed by atoms with Crippen LogP contribution in [-0.4, -0.2) is 52.9 Å². The fraction of sp³-hybridized carbons (Fsp3) is 0.467. The maximum atomic E-state index is 13.6. The smallest absolute Gasteiger partial charge is 0.317 e. The fourth-order valence-corrected chi connectivity index (χ4v) is 4.40. The summed E-state index contributed by atoms with van der Waals surface area (Å²) >= 11 is 0. The van der Waals surface area contributed by atoms with Crippen LogP contribution in [-0.2, 0) is 23.2 Å². The van der Waals surface area contributed by atoms with E-state index in [-0.39, 0.29) is 29.8 Å². The highest BCUT2D eigenvalue weighted by Gasteiger charge is 2.23. The fourth-order valence-electron chi connectivity index (χ4n) is 4.40. The van der Waals surface area contributed by atoms with Crippen molar-refractivity contribution in [2.75, 3.05) is 26.2 Å². The average molecular weight is 491 g/mol. The number of para-hydroxylation sites is 1. The van der Waals surface area contributed by atoms with Gasteiger partial charge in [-0.1, -0.05) is 77.1 Å². The Morgan fingerprint density at radius 1 is 1.00 bits per heavy atom. The summed E-state index contributed by atoms with van der Waals surface area (Å²) < 4.78 is 0. The first-order valence-electron chi connectivity index (χ1n) is 13.0. The molecule has 6 heteroatoms. The zero-order chi connectivity index (χ0) is 26.3. The molecule has 0 radical (unpaired) electrons. The highest BCUT2D eigenvalue weighted by atomic mass is 16.2. The number of amides is 3. The number of carbonyl (C=O) groups excluding carboxylic acids is 2. The molecular formula is C30H42N4O2. The molecule has 3 rings (SSSR count). The second kappa shape index (κ2) is 12.1. The maximum Gasteiger partial charge on any atom is 0.317 e. The van der Waals surface area contributed by atoms with Crippen molar-refractivity contribution in [3.05, 3.63) is 71.4 Å². The molecule has 3 aromatic rings. The monoisotopic (exact) mass is 490 g/mol. The molecule has 1 aromatic heterocycles. The van der Waals surface area contributed by atoms with Crippen molar-refractivity contribution in [1.29, 1.82) is 0 Å². The van der Waals surface area contributed by atoms with E-state index in [1.54, 1.807) is 4.90 Å². The van der Waals surface area contributed by atoms with Crippen LogP contribution in [0.5, 0.6) is 0 Å². The van der Waals surface area contributed by atoms with Crippen LogP contribution in [0, 0.1) is 5.92 Å². The third-order valence-electron chi connectivity index (χ3n) is 6.40. The van der Waals surface area contributed by atoms with E-state index >= 15 is 0 Å². The number of carbonyl (C=O) groups is 2. The van der Waals surface area contributed by atoms with Gasteiger partial charge < -0.3 is 20.1 Å². The molecule has 2 aromatic carbocycles. The predicted octanol–water partition coefficient (Wildman–Crippen LogP) is 5.72. The summed E-state index contributed by atoms with van der Waals surface area (Å²) in [7, 11) is 0. The minimum Gasteiger partial charge on any atom is -0.361 e. The van der Waals surface area contributed by atoms with Crippen molar-refractivity contribution in [2.24, 2.45) is 5.92 Å². The number of aromatic nitrogens is 1. The van der Waals surface area contributed by atoms with Crippen LogP contribution in [0.1, 0.15) is 58.2 Å². The Balaban J connectivity index is 1.81. The normalized spacial score (nSPS) is 11.6. The molecule has 0 spiro atoms. The van der Waals surface area contributed by atoms with Crippen LogP contribution in [0.2, 0.25) is 0 Å². The summed E-state index contributed by atoms with van der Waals surface area (Å²) in [6.45, 7) is 14.8. The van der Waals surface area contributed by atoms with Gasteiger partial charge in [0.2, 0.25) is 5.91 Å². The summed E-state index contributed by atoms with van der Waals surface area (Å²) in [5, 5.41) is 4.04. The average Bonchev–Trinajstić information content (AvgIpc) is 3.24. The van der Waals surface area contributed by atoms with Gasteiger partial charge in [-0.15, -0.1) is 0 Å².